The van der Waals surface area contributed by atoms with Crippen molar-refractivity contribution in [3.63, 3.8) is 0 Å². The van der Waals surface area contributed by atoms with Gasteiger partial charge in [0.05, 0.1) is 12.7 Å². The number of esters is 2. The highest BCUT2D eigenvalue weighted by Gasteiger charge is 2.20. The van der Waals surface area contributed by atoms with Gasteiger partial charge in [0.15, 0.2) is 5.82 Å². The molecule has 1 unspecified atom stereocenters. The maximum absolute atomic E-state index is 11.6. The SMILES string of the molecule is CCOC(=O)c1nnn(CC(=O)OC(C)CC)c1N. The zero-order valence-corrected chi connectivity index (χ0v) is 11.3. The van der Waals surface area contributed by atoms with Crippen LogP contribution in [0.1, 0.15) is 37.7 Å². The van der Waals surface area contributed by atoms with Crippen molar-refractivity contribution in [1.29, 1.82) is 0 Å². The summed E-state index contributed by atoms with van der Waals surface area (Å²) in [4.78, 5) is 23.0. The molecule has 19 heavy (non-hydrogen) atoms. The number of nitrogens with two attached hydrogens (primary N) is 1. The molecule has 0 amide bonds. The monoisotopic (exact) mass is 270 g/mol. The van der Waals surface area contributed by atoms with E-state index in [-0.39, 0.29) is 30.8 Å². The van der Waals surface area contributed by atoms with E-state index >= 15 is 0 Å². The maximum Gasteiger partial charge on any atom is 0.362 e. The van der Waals surface area contributed by atoms with Crippen LogP contribution in [-0.4, -0.2) is 39.6 Å². The lowest BCUT2D eigenvalue weighted by molar-refractivity contribution is -0.149. The molecule has 2 N–H and O–H groups in total. The van der Waals surface area contributed by atoms with Crippen LogP contribution in [0.3, 0.4) is 0 Å². The predicted octanol–water partition coefficient (Wildman–Crippen LogP) is 0.379. The van der Waals surface area contributed by atoms with Gasteiger partial charge in [0, 0.05) is 0 Å². The van der Waals surface area contributed by atoms with Crippen LogP contribution < -0.4 is 5.73 Å². The van der Waals surface area contributed by atoms with Crippen LogP contribution >= 0.6 is 0 Å². The highest BCUT2D eigenvalue weighted by molar-refractivity contribution is 5.92. The summed E-state index contributed by atoms with van der Waals surface area (Å²) in [6.45, 7) is 5.37. The molecule has 8 nitrogen and oxygen atoms in total. The summed E-state index contributed by atoms with van der Waals surface area (Å²) in [5, 5.41) is 7.22. The van der Waals surface area contributed by atoms with Crippen molar-refractivity contribution in [1.82, 2.24) is 15.0 Å². The second-order valence-corrected chi connectivity index (χ2v) is 3.91. The Balaban J connectivity index is 2.70. The standard InChI is InChI=1S/C11H18N4O4/c1-4-7(3)19-8(16)6-15-10(12)9(13-14-15)11(17)18-5-2/h7H,4-6,12H2,1-3H3. The van der Waals surface area contributed by atoms with Crippen LogP contribution in [0.15, 0.2) is 0 Å². The van der Waals surface area contributed by atoms with Gasteiger partial charge in [-0.2, -0.15) is 0 Å². The van der Waals surface area contributed by atoms with Crippen LogP contribution in [0, 0.1) is 0 Å². The van der Waals surface area contributed by atoms with Crippen molar-refractivity contribution in [3.05, 3.63) is 5.69 Å². The Labute approximate surface area is 110 Å². The van der Waals surface area contributed by atoms with Crippen LogP contribution in [-0.2, 0) is 20.8 Å². The van der Waals surface area contributed by atoms with Crippen LogP contribution in [0.5, 0.6) is 0 Å². The molecule has 1 heterocycles. The molecule has 0 aliphatic carbocycles. The Bertz CT molecular complexity index is 458. The lowest BCUT2D eigenvalue weighted by Crippen LogP contribution is -2.21. The topological polar surface area (TPSA) is 109 Å². The van der Waals surface area contributed by atoms with E-state index in [0.717, 1.165) is 4.68 Å². The van der Waals surface area contributed by atoms with E-state index in [2.05, 4.69) is 10.3 Å². The Morgan fingerprint density at radius 2 is 2.11 bits per heavy atom. The third kappa shape index (κ3) is 3.94. The molecule has 0 spiro atoms. The quantitative estimate of drug-likeness (QED) is 0.744. The van der Waals surface area contributed by atoms with Crippen LogP contribution in [0.4, 0.5) is 5.82 Å². The van der Waals surface area contributed by atoms with E-state index in [0.29, 0.717) is 6.42 Å². The van der Waals surface area contributed by atoms with E-state index in [4.69, 9.17) is 15.2 Å². The number of hydrogen-bond acceptors (Lipinski definition) is 7. The van der Waals surface area contributed by atoms with Gasteiger partial charge in [-0.05, 0) is 20.3 Å². The molecule has 0 aliphatic heterocycles. The van der Waals surface area contributed by atoms with E-state index in [9.17, 15) is 9.59 Å². The molecule has 1 atom stereocenters. The Kier molecular flexibility index (Phi) is 5.28. The van der Waals surface area contributed by atoms with Gasteiger partial charge in [0.25, 0.3) is 0 Å². The first-order valence-corrected chi connectivity index (χ1v) is 6.05. The number of rotatable bonds is 6. The normalized spacial score (nSPS) is 11.9. The van der Waals surface area contributed by atoms with Gasteiger partial charge >= 0.3 is 11.9 Å². The van der Waals surface area contributed by atoms with Gasteiger partial charge in [-0.25, -0.2) is 9.48 Å². The minimum Gasteiger partial charge on any atom is -0.461 e. The molecular weight excluding hydrogens is 252 g/mol. The maximum atomic E-state index is 11.6. The van der Waals surface area contributed by atoms with Gasteiger partial charge in [0.2, 0.25) is 5.69 Å². The largest absolute Gasteiger partial charge is 0.461 e. The summed E-state index contributed by atoms with van der Waals surface area (Å²) in [6, 6.07) is 0. The Hall–Kier alpha value is -2.12. The molecule has 0 fully saturated rings. The molecule has 0 saturated carbocycles. The van der Waals surface area contributed by atoms with Crippen LogP contribution in [0.25, 0.3) is 0 Å². The predicted molar refractivity (Wildman–Crippen MR) is 66.2 cm³/mol. The third-order valence-electron chi connectivity index (χ3n) is 2.43. The van der Waals surface area contributed by atoms with Crippen molar-refractivity contribution in [3.8, 4) is 0 Å². The van der Waals surface area contributed by atoms with Crippen molar-refractivity contribution in [2.75, 3.05) is 12.3 Å². The fraction of sp³-hybridized carbons (Fsp3) is 0.636. The van der Waals surface area contributed by atoms with Crippen LogP contribution in [0.2, 0.25) is 0 Å². The zero-order valence-electron chi connectivity index (χ0n) is 11.3. The number of aromatic nitrogens is 3. The molecule has 0 aliphatic rings. The number of carbonyl (C=O) groups excluding carboxylic acids is 2. The molecule has 0 saturated heterocycles. The minimum atomic E-state index is -0.665. The molecule has 106 valence electrons. The summed E-state index contributed by atoms with van der Waals surface area (Å²) in [7, 11) is 0. The molecule has 1 aromatic heterocycles. The molecular formula is C11H18N4O4. The van der Waals surface area contributed by atoms with E-state index in [1.807, 2.05) is 6.92 Å². The van der Waals surface area contributed by atoms with Gasteiger partial charge < -0.3 is 15.2 Å². The third-order valence-corrected chi connectivity index (χ3v) is 2.43. The van der Waals surface area contributed by atoms with Crippen molar-refractivity contribution < 1.29 is 19.1 Å². The molecule has 1 rings (SSSR count). The number of nitrogen functional groups attached to an aromatic ring is 1. The van der Waals surface area contributed by atoms with Crippen molar-refractivity contribution in [2.24, 2.45) is 0 Å². The number of ether oxygens (including phenoxy) is 2. The fourth-order valence-electron chi connectivity index (χ4n) is 1.25. The zero-order chi connectivity index (χ0) is 14.4. The summed E-state index contributed by atoms with van der Waals surface area (Å²) < 4.78 is 10.9. The van der Waals surface area contributed by atoms with Gasteiger partial charge in [-0.1, -0.05) is 12.1 Å². The molecule has 1 aromatic rings. The Morgan fingerprint density at radius 1 is 1.42 bits per heavy atom. The van der Waals surface area contributed by atoms with Crippen molar-refractivity contribution >= 4 is 17.8 Å². The van der Waals surface area contributed by atoms with Gasteiger partial charge in [-0.15, -0.1) is 5.10 Å². The second-order valence-electron chi connectivity index (χ2n) is 3.91. The molecule has 0 bridgehead atoms. The van der Waals surface area contributed by atoms with Gasteiger partial charge in [-0.3, -0.25) is 4.79 Å². The fourth-order valence-corrected chi connectivity index (χ4v) is 1.25. The lowest BCUT2D eigenvalue weighted by Gasteiger charge is -2.10. The summed E-state index contributed by atoms with van der Waals surface area (Å²) in [5.74, 6) is -1.16. The molecule has 0 radical (unpaired) electrons. The summed E-state index contributed by atoms with van der Waals surface area (Å²) >= 11 is 0. The Morgan fingerprint density at radius 3 is 2.68 bits per heavy atom. The molecule has 0 aromatic carbocycles. The number of carbonyl (C=O) groups is 2. The summed E-state index contributed by atoms with van der Waals surface area (Å²) in [6.07, 6.45) is 0.536. The number of nitrogens with zero attached hydrogens (tertiary/aromatic N) is 3. The smallest absolute Gasteiger partial charge is 0.362 e. The highest BCUT2D eigenvalue weighted by Crippen LogP contribution is 2.09. The minimum absolute atomic E-state index is 0.0143. The summed E-state index contributed by atoms with van der Waals surface area (Å²) in [5.41, 5.74) is 5.58. The van der Waals surface area contributed by atoms with E-state index < -0.39 is 11.9 Å². The first kappa shape index (κ1) is 14.9. The molecule has 8 heteroatoms. The first-order valence-electron chi connectivity index (χ1n) is 6.05. The first-order chi connectivity index (χ1) is 8.99. The number of hydrogen-bond donors (Lipinski definition) is 1. The number of anilines is 1. The lowest BCUT2D eigenvalue weighted by atomic mass is 10.3. The average Bonchev–Trinajstić information content (AvgIpc) is 2.71. The van der Waals surface area contributed by atoms with Crippen molar-refractivity contribution in [2.45, 2.75) is 39.8 Å². The second kappa shape index (κ2) is 6.72. The van der Waals surface area contributed by atoms with E-state index in [1.165, 1.54) is 0 Å². The average molecular weight is 270 g/mol. The highest BCUT2D eigenvalue weighted by atomic mass is 16.5. The van der Waals surface area contributed by atoms with Gasteiger partial charge in [0.1, 0.15) is 6.54 Å². The van der Waals surface area contributed by atoms with E-state index in [1.54, 1.807) is 13.8 Å².